The molecule has 0 fully saturated rings. The molecule has 0 saturated carbocycles. The lowest BCUT2D eigenvalue weighted by Crippen LogP contribution is -2.17. The summed E-state index contributed by atoms with van der Waals surface area (Å²) in [6.45, 7) is 0. The summed E-state index contributed by atoms with van der Waals surface area (Å²) < 4.78 is 1.36. The van der Waals surface area contributed by atoms with Gasteiger partial charge in [-0.1, -0.05) is 0 Å². The van der Waals surface area contributed by atoms with Crippen LogP contribution in [0.4, 0.5) is 0 Å². The first-order valence-electron chi connectivity index (χ1n) is 3.26. The molecule has 0 aliphatic rings. The van der Waals surface area contributed by atoms with E-state index in [2.05, 4.69) is 16.1 Å². The van der Waals surface area contributed by atoms with Gasteiger partial charge in [-0.3, -0.25) is 0 Å². The molecule has 0 amide bonds. The van der Waals surface area contributed by atoms with Crippen molar-refractivity contribution in [2.75, 3.05) is 0 Å². The number of rotatable bonds is 3. The molecule has 0 saturated heterocycles. The second kappa shape index (κ2) is 3.53. The van der Waals surface area contributed by atoms with Gasteiger partial charge in [0.15, 0.2) is 0 Å². The Labute approximate surface area is 69.0 Å². The van der Waals surface area contributed by atoms with Gasteiger partial charge >= 0.3 is 5.97 Å². The largest absolute Gasteiger partial charge is 0.480 e. The lowest BCUT2D eigenvalue weighted by Gasteiger charge is -2.08. The molecule has 1 unspecified atom stereocenters. The highest BCUT2D eigenvalue weighted by Gasteiger charge is 2.17. The Morgan fingerprint density at radius 2 is 2.25 bits per heavy atom. The Kier molecular flexibility index (Phi) is 2.43. The summed E-state index contributed by atoms with van der Waals surface area (Å²) in [7, 11) is 0. The van der Waals surface area contributed by atoms with Gasteiger partial charge in [-0.05, 0) is 0 Å². The number of aromatic nitrogens is 3. The van der Waals surface area contributed by atoms with Gasteiger partial charge in [0.05, 0.1) is 0 Å². The Bertz CT molecular complexity index is 299. The predicted octanol–water partition coefficient (Wildman–Crippen LogP) is -0.0729. The first kappa shape index (κ1) is 8.27. The van der Waals surface area contributed by atoms with E-state index in [1.165, 1.54) is 17.2 Å². The van der Waals surface area contributed by atoms with Crippen LogP contribution in [0.25, 0.3) is 0 Å². The molecule has 5 nitrogen and oxygen atoms in total. The van der Waals surface area contributed by atoms with Gasteiger partial charge in [-0.2, -0.15) is 0 Å². The summed E-state index contributed by atoms with van der Waals surface area (Å²) in [6.07, 6.45) is 7.80. The van der Waals surface area contributed by atoms with Crippen molar-refractivity contribution < 1.29 is 9.90 Å². The summed E-state index contributed by atoms with van der Waals surface area (Å²) in [5.74, 6) is 1.30. The number of aliphatic carboxylic acids is 1. The Morgan fingerprint density at radius 1 is 1.67 bits per heavy atom. The van der Waals surface area contributed by atoms with E-state index >= 15 is 0 Å². The van der Waals surface area contributed by atoms with Crippen LogP contribution >= 0.6 is 0 Å². The second-order valence-corrected chi connectivity index (χ2v) is 2.17. The van der Waals surface area contributed by atoms with E-state index in [9.17, 15) is 4.79 Å². The average Bonchev–Trinajstić information content (AvgIpc) is 2.51. The van der Waals surface area contributed by atoms with E-state index in [0.29, 0.717) is 0 Å². The molecular formula is C7H7N3O2. The number of hydrogen-bond donors (Lipinski definition) is 1. The summed E-state index contributed by atoms with van der Waals surface area (Å²) in [4.78, 5) is 10.6. The van der Waals surface area contributed by atoms with Crippen molar-refractivity contribution in [3.63, 3.8) is 0 Å². The maximum atomic E-state index is 10.6. The zero-order chi connectivity index (χ0) is 8.97. The SMILES string of the molecule is C#CCC(C(=O)O)n1cnnc1. The van der Waals surface area contributed by atoms with Crippen molar-refractivity contribution in [1.29, 1.82) is 0 Å². The number of hydrogen-bond acceptors (Lipinski definition) is 3. The topological polar surface area (TPSA) is 68.0 Å². The third-order valence-corrected chi connectivity index (χ3v) is 1.39. The lowest BCUT2D eigenvalue weighted by atomic mass is 10.2. The van der Waals surface area contributed by atoms with Crippen molar-refractivity contribution >= 4 is 5.97 Å². The van der Waals surface area contributed by atoms with Gasteiger partial charge in [-0.15, -0.1) is 22.5 Å². The summed E-state index contributed by atoms with van der Waals surface area (Å²) in [5.41, 5.74) is 0. The van der Waals surface area contributed by atoms with Gasteiger partial charge < -0.3 is 9.67 Å². The van der Waals surface area contributed by atoms with Gasteiger partial charge in [-0.25, -0.2) is 4.79 Å². The molecule has 0 aliphatic heterocycles. The van der Waals surface area contributed by atoms with Crippen LogP contribution in [0.2, 0.25) is 0 Å². The van der Waals surface area contributed by atoms with Crippen LogP contribution in [0.1, 0.15) is 12.5 Å². The zero-order valence-electron chi connectivity index (χ0n) is 6.21. The third-order valence-electron chi connectivity index (χ3n) is 1.39. The molecule has 1 aromatic rings. The number of carboxylic acid groups (broad SMARTS) is 1. The lowest BCUT2D eigenvalue weighted by molar-refractivity contribution is -0.140. The second-order valence-electron chi connectivity index (χ2n) is 2.17. The minimum Gasteiger partial charge on any atom is -0.480 e. The van der Waals surface area contributed by atoms with Crippen LogP contribution in [0.3, 0.4) is 0 Å². The smallest absolute Gasteiger partial charge is 0.327 e. The Morgan fingerprint density at radius 3 is 2.67 bits per heavy atom. The fourth-order valence-electron chi connectivity index (χ4n) is 0.802. The standard InChI is InChI=1S/C7H7N3O2/c1-2-3-6(7(11)12)10-4-8-9-5-10/h1,4-6H,3H2,(H,11,12). The Hall–Kier alpha value is -1.83. The van der Waals surface area contributed by atoms with E-state index in [-0.39, 0.29) is 6.42 Å². The highest BCUT2D eigenvalue weighted by molar-refractivity contribution is 5.72. The molecule has 1 heterocycles. The van der Waals surface area contributed by atoms with Crippen LogP contribution in [0, 0.1) is 12.3 Å². The van der Waals surface area contributed by atoms with Gasteiger partial charge in [0.25, 0.3) is 0 Å². The van der Waals surface area contributed by atoms with Gasteiger partial charge in [0.1, 0.15) is 18.7 Å². The third kappa shape index (κ3) is 1.61. The van der Waals surface area contributed by atoms with Crippen molar-refractivity contribution in [2.45, 2.75) is 12.5 Å². The summed E-state index contributed by atoms with van der Waals surface area (Å²) in [6, 6.07) is -0.759. The van der Waals surface area contributed by atoms with E-state index in [1.54, 1.807) is 0 Å². The number of carboxylic acids is 1. The molecule has 1 aromatic heterocycles. The van der Waals surface area contributed by atoms with Crippen LogP contribution in [-0.2, 0) is 4.79 Å². The predicted molar refractivity (Wildman–Crippen MR) is 40.1 cm³/mol. The molecule has 1 atom stereocenters. The zero-order valence-corrected chi connectivity index (χ0v) is 6.21. The quantitative estimate of drug-likeness (QED) is 0.636. The van der Waals surface area contributed by atoms with Crippen molar-refractivity contribution in [2.24, 2.45) is 0 Å². The number of nitrogens with zero attached hydrogens (tertiary/aromatic N) is 3. The molecular weight excluding hydrogens is 158 g/mol. The van der Waals surface area contributed by atoms with Gasteiger partial charge in [0, 0.05) is 6.42 Å². The highest BCUT2D eigenvalue weighted by atomic mass is 16.4. The number of carbonyl (C=O) groups is 1. The molecule has 0 bridgehead atoms. The molecule has 12 heavy (non-hydrogen) atoms. The van der Waals surface area contributed by atoms with Crippen LogP contribution in [0.15, 0.2) is 12.7 Å². The normalized spacial score (nSPS) is 11.9. The molecule has 62 valence electrons. The van der Waals surface area contributed by atoms with Gasteiger partial charge in [0.2, 0.25) is 0 Å². The van der Waals surface area contributed by atoms with Crippen molar-refractivity contribution in [3.05, 3.63) is 12.7 Å². The molecule has 5 heteroatoms. The summed E-state index contributed by atoms with van der Waals surface area (Å²) in [5, 5.41) is 15.7. The maximum Gasteiger partial charge on any atom is 0.327 e. The molecule has 0 aliphatic carbocycles. The molecule has 0 radical (unpaired) electrons. The first-order chi connectivity index (χ1) is 5.75. The van der Waals surface area contributed by atoms with E-state index < -0.39 is 12.0 Å². The molecule has 0 spiro atoms. The van der Waals surface area contributed by atoms with Crippen LogP contribution in [-0.4, -0.2) is 25.8 Å². The monoisotopic (exact) mass is 165 g/mol. The first-order valence-corrected chi connectivity index (χ1v) is 3.26. The summed E-state index contributed by atoms with van der Waals surface area (Å²) >= 11 is 0. The molecule has 0 aromatic carbocycles. The molecule has 1 rings (SSSR count). The maximum absolute atomic E-state index is 10.6. The molecule has 1 N–H and O–H groups in total. The van der Waals surface area contributed by atoms with Crippen LogP contribution in [0.5, 0.6) is 0 Å². The fraction of sp³-hybridized carbons (Fsp3) is 0.286. The van der Waals surface area contributed by atoms with E-state index in [4.69, 9.17) is 11.5 Å². The Balaban J connectivity index is 2.82. The minimum atomic E-state index is -0.979. The van der Waals surface area contributed by atoms with E-state index in [0.717, 1.165) is 0 Å². The number of terminal acetylenes is 1. The minimum absolute atomic E-state index is 0.132. The van der Waals surface area contributed by atoms with Crippen molar-refractivity contribution in [1.82, 2.24) is 14.8 Å². The average molecular weight is 165 g/mol. The van der Waals surface area contributed by atoms with Crippen LogP contribution < -0.4 is 0 Å². The fourth-order valence-corrected chi connectivity index (χ4v) is 0.802. The van der Waals surface area contributed by atoms with Crippen molar-refractivity contribution in [3.8, 4) is 12.3 Å². The highest BCUT2D eigenvalue weighted by Crippen LogP contribution is 2.08. The van der Waals surface area contributed by atoms with E-state index in [1.807, 2.05) is 0 Å².